The number of hydrogen-bond acceptors (Lipinski definition) is 3. The van der Waals surface area contributed by atoms with Crippen molar-refractivity contribution in [3.63, 3.8) is 0 Å². The van der Waals surface area contributed by atoms with E-state index in [9.17, 15) is 5.11 Å². The molecule has 2 bridgehead atoms. The molecule has 1 N–H and O–H groups in total. The molecule has 1 unspecified atom stereocenters. The number of piperidine rings is 3. The highest BCUT2D eigenvalue weighted by Crippen LogP contribution is 2.44. The molecule has 4 fully saturated rings. The standard InChI is InChI=1S/C18H25NO2/c20-18-15(2-1-3-16(18)13-4-5-13)8-11-21-17-12-19-9-6-14(17)7-10-19/h1-3,13-14,17,20H,4-12H2. The first-order chi connectivity index (χ1) is 10.3. The molecular weight excluding hydrogens is 262 g/mol. The van der Waals surface area contributed by atoms with Crippen LogP contribution in [0.1, 0.15) is 42.7 Å². The first-order valence-electron chi connectivity index (χ1n) is 8.46. The molecule has 4 aliphatic rings. The highest BCUT2D eigenvalue weighted by atomic mass is 16.5. The molecular formula is C18H25NO2. The van der Waals surface area contributed by atoms with Crippen molar-refractivity contribution in [1.29, 1.82) is 0 Å². The van der Waals surface area contributed by atoms with Gasteiger partial charge in [-0.05, 0) is 68.2 Å². The summed E-state index contributed by atoms with van der Waals surface area (Å²) >= 11 is 0. The minimum Gasteiger partial charge on any atom is -0.507 e. The van der Waals surface area contributed by atoms with E-state index in [4.69, 9.17) is 4.74 Å². The zero-order valence-electron chi connectivity index (χ0n) is 12.6. The number of para-hydroxylation sites is 1. The van der Waals surface area contributed by atoms with Gasteiger partial charge in [0.25, 0.3) is 0 Å². The summed E-state index contributed by atoms with van der Waals surface area (Å²) in [5.41, 5.74) is 2.20. The van der Waals surface area contributed by atoms with Gasteiger partial charge >= 0.3 is 0 Å². The fourth-order valence-corrected chi connectivity index (χ4v) is 3.96. The number of phenols is 1. The minimum atomic E-state index is 0.418. The predicted molar refractivity (Wildman–Crippen MR) is 82.7 cm³/mol. The molecule has 3 aliphatic heterocycles. The Labute approximate surface area is 126 Å². The Morgan fingerprint density at radius 1 is 1.14 bits per heavy atom. The molecule has 1 atom stereocenters. The van der Waals surface area contributed by atoms with Crippen molar-refractivity contribution >= 4 is 0 Å². The summed E-state index contributed by atoms with van der Waals surface area (Å²) in [5, 5.41) is 10.4. The van der Waals surface area contributed by atoms with Gasteiger partial charge < -0.3 is 14.7 Å². The van der Waals surface area contributed by atoms with Crippen LogP contribution in [0, 0.1) is 5.92 Å². The third-order valence-electron chi connectivity index (χ3n) is 5.47. The maximum absolute atomic E-state index is 10.4. The molecule has 1 aliphatic carbocycles. The lowest BCUT2D eigenvalue weighted by atomic mass is 9.86. The summed E-state index contributed by atoms with van der Waals surface area (Å²) in [6.45, 7) is 4.36. The quantitative estimate of drug-likeness (QED) is 0.904. The smallest absolute Gasteiger partial charge is 0.122 e. The zero-order chi connectivity index (χ0) is 14.2. The monoisotopic (exact) mass is 287 g/mol. The van der Waals surface area contributed by atoms with Crippen LogP contribution in [0.3, 0.4) is 0 Å². The van der Waals surface area contributed by atoms with Crippen molar-refractivity contribution in [3.8, 4) is 5.75 Å². The van der Waals surface area contributed by atoms with Gasteiger partial charge in [-0.2, -0.15) is 0 Å². The highest BCUT2D eigenvalue weighted by Gasteiger charge is 2.34. The Balaban J connectivity index is 1.34. The molecule has 1 aromatic carbocycles. The van der Waals surface area contributed by atoms with Gasteiger partial charge in [0, 0.05) is 6.54 Å². The number of rotatable bonds is 5. The van der Waals surface area contributed by atoms with Gasteiger partial charge in [-0.25, -0.2) is 0 Å². The molecule has 0 spiro atoms. The van der Waals surface area contributed by atoms with E-state index in [-0.39, 0.29) is 0 Å². The number of nitrogens with zero attached hydrogens (tertiary/aromatic N) is 1. The third-order valence-corrected chi connectivity index (χ3v) is 5.47. The van der Waals surface area contributed by atoms with E-state index in [2.05, 4.69) is 17.0 Å². The summed E-state index contributed by atoms with van der Waals surface area (Å²) in [7, 11) is 0. The highest BCUT2D eigenvalue weighted by molar-refractivity contribution is 5.44. The first-order valence-corrected chi connectivity index (χ1v) is 8.46. The number of aromatic hydroxyl groups is 1. The van der Waals surface area contributed by atoms with Gasteiger partial charge in [0.15, 0.2) is 0 Å². The fourth-order valence-electron chi connectivity index (χ4n) is 3.96. The van der Waals surface area contributed by atoms with E-state index in [1.54, 1.807) is 0 Å². The summed E-state index contributed by atoms with van der Waals surface area (Å²) < 4.78 is 6.14. The Kier molecular flexibility index (Phi) is 3.64. The van der Waals surface area contributed by atoms with Crippen LogP contribution in [-0.4, -0.2) is 42.4 Å². The molecule has 0 radical (unpaired) electrons. The Hall–Kier alpha value is -1.06. The summed E-state index contributed by atoms with van der Waals surface area (Å²) in [4.78, 5) is 2.52. The van der Waals surface area contributed by atoms with Crippen molar-refractivity contribution in [2.24, 2.45) is 5.92 Å². The predicted octanol–water partition coefficient (Wildman–Crippen LogP) is 2.92. The number of hydrogen-bond donors (Lipinski definition) is 1. The topological polar surface area (TPSA) is 32.7 Å². The van der Waals surface area contributed by atoms with E-state index in [1.807, 2.05) is 6.07 Å². The SMILES string of the molecule is Oc1c(CCOC2CN3CCC2CC3)cccc1C1CC1. The van der Waals surface area contributed by atoms with E-state index in [1.165, 1.54) is 38.8 Å². The Bertz CT molecular complexity index is 504. The molecule has 3 nitrogen and oxygen atoms in total. The summed E-state index contributed by atoms with van der Waals surface area (Å²) in [6, 6.07) is 6.20. The van der Waals surface area contributed by atoms with Gasteiger partial charge in [-0.15, -0.1) is 0 Å². The van der Waals surface area contributed by atoms with Crippen LogP contribution in [0.15, 0.2) is 18.2 Å². The summed E-state index contributed by atoms with van der Waals surface area (Å²) in [6.07, 6.45) is 6.30. The van der Waals surface area contributed by atoms with Crippen LogP contribution in [0.2, 0.25) is 0 Å². The molecule has 0 amide bonds. The number of phenolic OH excluding ortho intramolecular Hbond substituents is 1. The lowest BCUT2D eigenvalue weighted by molar-refractivity contribution is -0.0684. The van der Waals surface area contributed by atoms with Gasteiger partial charge in [0.05, 0.1) is 12.7 Å². The largest absolute Gasteiger partial charge is 0.507 e. The first kappa shape index (κ1) is 13.6. The molecule has 3 saturated heterocycles. The van der Waals surface area contributed by atoms with E-state index in [0.717, 1.165) is 36.6 Å². The molecule has 21 heavy (non-hydrogen) atoms. The lowest BCUT2D eigenvalue weighted by Crippen LogP contribution is -2.51. The average molecular weight is 287 g/mol. The molecule has 0 aromatic heterocycles. The van der Waals surface area contributed by atoms with Crippen molar-refractivity contribution in [1.82, 2.24) is 4.90 Å². The Morgan fingerprint density at radius 2 is 1.95 bits per heavy atom. The normalized spacial score (nSPS) is 31.5. The van der Waals surface area contributed by atoms with Crippen LogP contribution in [0.4, 0.5) is 0 Å². The van der Waals surface area contributed by atoms with Crippen LogP contribution < -0.4 is 0 Å². The maximum atomic E-state index is 10.4. The van der Waals surface area contributed by atoms with Crippen LogP contribution >= 0.6 is 0 Å². The lowest BCUT2D eigenvalue weighted by Gasteiger charge is -2.44. The number of fused-ring (bicyclic) bond motifs is 3. The fraction of sp³-hybridized carbons (Fsp3) is 0.667. The van der Waals surface area contributed by atoms with E-state index >= 15 is 0 Å². The van der Waals surface area contributed by atoms with Gasteiger partial charge in [-0.1, -0.05) is 18.2 Å². The average Bonchev–Trinajstić information content (AvgIpc) is 3.35. The van der Waals surface area contributed by atoms with E-state index < -0.39 is 0 Å². The second-order valence-corrected chi connectivity index (χ2v) is 6.93. The Morgan fingerprint density at radius 3 is 2.62 bits per heavy atom. The second-order valence-electron chi connectivity index (χ2n) is 6.93. The molecule has 1 saturated carbocycles. The molecule has 3 heteroatoms. The maximum Gasteiger partial charge on any atom is 0.122 e. The van der Waals surface area contributed by atoms with Gasteiger partial charge in [-0.3, -0.25) is 0 Å². The second kappa shape index (κ2) is 5.62. The molecule has 1 aromatic rings. The van der Waals surface area contributed by atoms with Crippen molar-refractivity contribution < 1.29 is 9.84 Å². The molecule has 5 rings (SSSR count). The van der Waals surface area contributed by atoms with Gasteiger partial charge in [0.2, 0.25) is 0 Å². The van der Waals surface area contributed by atoms with Crippen molar-refractivity contribution in [2.75, 3.05) is 26.2 Å². The number of benzene rings is 1. The molecule has 3 heterocycles. The number of ether oxygens (including phenoxy) is 1. The third kappa shape index (κ3) is 2.82. The van der Waals surface area contributed by atoms with Crippen LogP contribution in [0.25, 0.3) is 0 Å². The van der Waals surface area contributed by atoms with Crippen molar-refractivity contribution in [3.05, 3.63) is 29.3 Å². The van der Waals surface area contributed by atoms with Crippen LogP contribution in [0.5, 0.6) is 5.75 Å². The van der Waals surface area contributed by atoms with E-state index in [0.29, 0.717) is 17.8 Å². The van der Waals surface area contributed by atoms with Crippen molar-refractivity contribution in [2.45, 2.75) is 44.1 Å². The minimum absolute atomic E-state index is 0.418. The van der Waals surface area contributed by atoms with Gasteiger partial charge in [0.1, 0.15) is 5.75 Å². The summed E-state index contributed by atoms with van der Waals surface area (Å²) in [5.74, 6) is 1.90. The molecule has 114 valence electrons. The van der Waals surface area contributed by atoms with Crippen LogP contribution in [-0.2, 0) is 11.2 Å². The zero-order valence-corrected chi connectivity index (χ0v) is 12.6.